The lowest BCUT2D eigenvalue weighted by Gasteiger charge is -2.20. The summed E-state index contributed by atoms with van der Waals surface area (Å²) in [6, 6.07) is 7.32. The van der Waals surface area contributed by atoms with E-state index in [0.29, 0.717) is 24.6 Å². The molecule has 0 aromatic heterocycles. The van der Waals surface area contributed by atoms with Gasteiger partial charge in [-0.25, -0.2) is 0 Å². The van der Waals surface area contributed by atoms with Crippen LogP contribution in [0.1, 0.15) is 25.0 Å². The minimum absolute atomic E-state index is 0.129. The number of methoxy groups -OCH3 is 1. The van der Waals surface area contributed by atoms with Gasteiger partial charge in [-0.15, -0.1) is 0 Å². The third-order valence-corrected chi connectivity index (χ3v) is 3.28. The summed E-state index contributed by atoms with van der Waals surface area (Å²) in [5.41, 5.74) is 0.779. The third-order valence-electron chi connectivity index (χ3n) is 3.28. The van der Waals surface area contributed by atoms with Gasteiger partial charge in [-0.1, -0.05) is 19.1 Å². The summed E-state index contributed by atoms with van der Waals surface area (Å²) >= 11 is 0. The number of aliphatic hydroxyl groups is 1. The molecular weight excluding hydrogens is 230 g/mol. The molecule has 2 unspecified atom stereocenters. The molecule has 0 spiro atoms. The first-order valence-corrected chi connectivity index (χ1v) is 6.20. The van der Waals surface area contributed by atoms with E-state index < -0.39 is 6.10 Å². The van der Waals surface area contributed by atoms with Crippen LogP contribution in [0.2, 0.25) is 0 Å². The van der Waals surface area contributed by atoms with Crippen molar-refractivity contribution in [3.63, 3.8) is 0 Å². The zero-order valence-electron chi connectivity index (χ0n) is 10.8. The molecule has 98 valence electrons. The number of aliphatic hydroxyl groups excluding tert-OH is 1. The number of benzene rings is 1. The van der Waals surface area contributed by atoms with Crippen LogP contribution < -0.4 is 4.74 Å². The maximum absolute atomic E-state index is 11.7. The van der Waals surface area contributed by atoms with Crippen LogP contribution in [-0.4, -0.2) is 36.1 Å². The molecule has 2 rings (SSSR count). The highest BCUT2D eigenvalue weighted by atomic mass is 16.5. The monoisotopic (exact) mass is 249 g/mol. The second kappa shape index (κ2) is 5.40. The Bertz CT molecular complexity index is 433. The number of hydrogen-bond acceptors (Lipinski definition) is 3. The molecule has 1 heterocycles. The van der Waals surface area contributed by atoms with Crippen molar-refractivity contribution in [2.24, 2.45) is 5.92 Å². The highest BCUT2D eigenvalue weighted by Gasteiger charge is 2.28. The first-order chi connectivity index (χ1) is 8.60. The fourth-order valence-corrected chi connectivity index (χ4v) is 2.31. The summed E-state index contributed by atoms with van der Waals surface area (Å²) < 4.78 is 5.12. The van der Waals surface area contributed by atoms with E-state index in [1.54, 1.807) is 18.1 Å². The Kier molecular flexibility index (Phi) is 3.87. The van der Waals surface area contributed by atoms with Crippen molar-refractivity contribution >= 4 is 5.91 Å². The number of ether oxygens (including phenoxy) is 1. The van der Waals surface area contributed by atoms with E-state index >= 15 is 0 Å². The molecule has 1 aliphatic heterocycles. The molecule has 0 radical (unpaired) electrons. The van der Waals surface area contributed by atoms with Crippen molar-refractivity contribution in [1.29, 1.82) is 0 Å². The maximum atomic E-state index is 11.7. The fraction of sp³-hybridized carbons (Fsp3) is 0.500. The summed E-state index contributed by atoms with van der Waals surface area (Å²) in [4.78, 5) is 13.4. The lowest BCUT2D eigenvalue weighted by Crippen LogP contribution is -2.30. The molecule has 18 heavy (non-hydrogen) atoms. The number of nitrogens with zero attached hydrogens (tertiary/aromatic N) is 1. The van der Waals surface area contributed by atoms with E-state index in [-0.39, 0.29) is 5.91 Å². The van der Waals surface area contributed by atoms with Crippen LogP contribution in [0.3, 0.4) is 0 Å². The van der Waals surface area contributed by atoms with Crippen LogP contribution in [0.25, 0.3) is 0 Å². The van der Waals surface area contributed by atoms with Gasteiger partial charge in [0.1, 0.15) is 5.75 Å². The van der Waals surface area contributed by atoms with Gasteiger partial charge < -0.3 is 14.7 Å². The zero-order valence-corrected chi connectivity index (χ0v) is 10.8. The zero-order chi connectivity index (χ0) is 13.1. The van der Waals surface area contributed by atoms with Gasteiger partial charge in [0.05, 0.1) is 19.8 Å². The van der Waals surface area contributed by atoms with Crippen molar-refractivity contribution < 1.29 is 14.6 Å². The van der Waals surface area contributed by atoms with E-state index in [2.05, 4.69) is 6.92 Å². The summed E-state index contributed by atoms with van der Waals surface area (Å²) in [5.74, 6) is 1.23. The third kappa shape index (κ3) is 2.82. The molecule has 4 nitrogen and oxygen atoms in total. The standard InChI is InChI=1S/C14H19NO3/c1-10-6-14(17)15(8-10)9-13(16)11-4-3-5-12(7-11)18-2/h3-5,7,10,13,16H,6,8-9H2,1-2H3. The Morgan fingerprint density at radius 3 is 2.94 bits per heavy atom. The van der Waals surface area contributed by atoms with E-state index in [1.165, 1.54) is 0 Å². The van der Waals surface area contributed by atoms with Gasteiger partial charge in [0, 0.05) is 13.0 Å². The highest BCUT2D eigenvalue weighted by Crippen LogP contribution is 2.23. The number of carbonyl (C=O) groups is 1. The number of β-amino-alcohol motifs (C(OH)–C–C–N with tert-alkyl or cyclic N) is 1. The molecule has 4 heteroatoms. The summed E-state index contributed by atoms with van der Waals surface area (Å²) in [6.45, 7) is 3.14. The van der Waals surface area contributed by atoms with Gasteiger partial charge >= 0.3 is 0 Å². The van der Waals surface area contributed by atoms with E-state index in [0.717, 1.165) is 12.1 Å². The van der Waals surface area contributed by atoms with Gasteiger partial charge in [0.15, 0.2) is 0 Å². The molecule has 0 aliphatic carbocycles. The minimum atomic E-state index is -0.658. The van der Waals surface area contributed by atoms with Crippen molar-refractivity contribution in [2.45, 2.75) is 19.4 Å². The van der Waals surface area contributed by atoms with Crippen LogP contribution in [0.4, 0.5) is 0 Å². The first kappa shape index (κ1) is 12.9. The lowest BCUT2D eigenvalue weighted by atomic mass is 10.1. The molecule has 1 aromatic carbocycles. The lowest BCUT2D eigenvalue weighted by molar-refractivity contribution is -0.128. The molecule has 1 fully saturated rings. The van der Waals surface area contributed by atoms with Crippen LogP contribution in [0, 0.1) is 5.92 Å². The van der Waals surface area contributed by atoms with Crippen LogP contribution in [0.15, 0.2) is 24.3 Å². The Labute approximate surface area is 107 Å². The average molecular weight is 249 g/mol. The average Bonchev–Trinajstić information content (AvgIpc) is 2.68. The number of carbonyl (C=O) groups excluding carboxylic acids is 1. The number of rotatable bonds is 4. The number of hydrogen-bond donors (Lipinski definition) is 1. The molecule has 1 aliphatic rings. The van der Waals surface area contributed by atoms with Crippen molar-refractivity contribution in [3.05, 3.63) is 29.8 Å². The highest BCUT2D eigenvalue weighted by molar-refractivity contribution is 5.78. The van der Waals surface area contributed by atoms with Gasteiger partial charge in [-0.3, -0.25) is 4.79 Å². The number of amides is 1. The molecule has 1 aromatic rings. The molecule has 1 amide bonds. The van der Waals surface area contributed by atoms with E-state index in [4.69, 9.17) is 4.74 Å². The van der Waals surface area contributed by atoms with Gasteiger partial charge in [0.2, 0.25) is 5.91 Å². The first-order valence-electron chi connectivity index (χ1n) is 6.20. The quantitative estimate of drug-likeness (QED) is 0.881. The van der Waals surface area contributed by atoms with Crippen molar-refractivity contribution in [3.8, 4) is 5.75 Å². The second-order valence-corrected chi connectivity index (χ2v) is 4.90. The van der Waals surface area contributed by atoms with E-state index in [1.807, 2.05) is 18.2 Å². The van der Waals surface area contributed by atoms with Gasteiger partial charge in [-0.2, -0.15) is 0 Å². The Morgan fingerprint density at radius 1 is 1.56 bits per heavy atom. The predicted octanol–water partition coefficient (Wildman–Crippen LogP) is 1.60. The molecule has 2 atom stereocenters. The van der Waals surface area contributed by atoms with Crippen LogP contribution >= 0.6 is 0 Å². The molecule has 1 N–H and O–H groups in total. The fourth-order valence-electron chi connectivity index (χ4n) is 2.31. The van der Waals surface area contributed by atoms with Crippen molar-refractivity contribution in [2.75, 3.05) is 20.2 Å². The summed E-state index contributed by atoms with van der Waals surface area (Å²) in [5, 5.41) is 10.2. The van der Waals surface area contributed by atoms with Crippen molar-refractivity contribution in [1.82, 2.24) is 4.90 Å². The topological polar surface area (TPSA) is 49.8 Å². The normalized spacial score (nSPS) is 21.2. The number of likely N-dealkylation sites (tertiary alicyclic amines) is 1. The van der Waals surface area contributed by atoms with Crippen LogP contribution in [0.5, 0.6) is 5.75 Å². The minimum Gasteiger partial charge on any atom is -0.497 e. The molecule has 1 saturated heterocycles. The Hall–Kier alpha value is -1.55. The van der Waals surface area contributed by atoms with Gasteiger partial charge in [-0.05, 0) is 23.6 Å². The Balaban J connectivity index is 2.03. The predicted molar refractivity (Wildman–Crippen MR) is 68.3 cm³/mol. The molecule has 0 saturated carbocycles. The largest absolute Gasteiger partial charge is 0.497 e. The van der Waals surface area contributed by atoms with Gasteiger partial charge in [0.25, 0.3) is 0 Å². The Morgan fingerprint density at radius 2 is 2.33 bits per heavy atom. The van der Waals surface area contributed by atoms with E-state index in [9.17, 15) is 9.90 Å². The SMILES string of the molecule is COc1cccc(C(O)CN2CC(C)CC2=O)c1. The second-order valence-electron chi connectivity index (χ2n) is 4.90. The smallest absolute Gasteiger partial charge is 0.223 e. The van der Waals surface area contributed by atoms with Crippen LogP contribution in [-0.2, 0) is 4.79 Å². The molecule has 0 bridgehead atoms. The summed E-state index contributed by atoms with van der Waals surface area (Å²) in [7, 11) is 1.59. The molecular formula is C14H19NO3. The maximum Gasteiger partial charge on any atom is 0.223 e. The summed E-state index contributed by atoms with van der Waals surface area (Å²) in [6.07, 6.45) is -0.0699.